The van der Waals surface area contributed by atoms with Crippen LogP contribution in [0.4, 0.5) is 0 Å². The van der Waals surface area contributed by atoms with E-state index in [1.165, 1.54) is 44.9 Å². The molecule has 0 aromatic carbocycles. The number of rotatable bonds is 53. The number of hydrogen-bond donors (Lipinski definition) is 2. The molecule has 9 nitrogen and oxygen atoms in total. The molecular weight excluding hydrogens is 1000 g/mol. The monoisotopic (exact) mass is 1110 g/mol. The second-order valence-corrected chi connectivity index (χ2v) is 22.6. The van der Waals surface area contributed by atoms with Crippen LogP contribution >= 0.6 is 7.82 Å². The molecule has 0 aromatic rings. The number of quaternary nitrogens is 1. The first-order chi connectivity index (χ1) is 38.4. The molecule has 0 aliphatic rings. The third-order valence-corrected chi connectivity index (χ3v) is 13.5. The molecule has 0 aliphatic heterocycles. The fourth-order valence-electron chi connectivity index (χ4n) is 7.79. The van der Waals surface area contributed by atoms with Crippen molar-refractivity contribution in [2.45, 2.75) is 226 Å². The van der Waals surface area contributed by atoms with Gasteiger partial charge < -0.3 is 19.4 Å². The molecule has 3 unspecified atom stereocenters. The van der Waals surface area contributed by atoms with Gasteiger partial charge in [0.2, 0.25) is 5.91 Å². The Balaban J connectivity index is 5.40. The minimum Gasteiger partial charge on any atom is -0.456 e. The molecular formula is C69H114N2O7P+. The van der Waals surface area contributed by atoms with Crippen molar-refractivity contribution in [3.63, 3.8) is 0 Å². The van der Waals surface area contributed by atoms with Crippen LogP contribution in [-0.2, 0) is 27.9 Å². The van der Waals surface area contributed by atoms with Gasteiger partial charge in [-0.25, -0.2) is 4.57 Å². The lowest BCUT2D eigenvalue weighted by Crippen LogP contribution is -2.47. The van der Waals surface area contributed by atoms with E-state index >= 15 is 0 Å². The van der Waals surface area contributed by atoms with E-state index in [0.717, 1.165) is 122 Å². The highest BCUT2D eigenvalue weighted by molar-refractivity contribution is 7.47. The van der Waals surface area contributed by atoms with Crippen LogP contribution in [0.2, 0.25) is 0 Å². The number of unbranched alkanes of at least 4 members (excludes halogenated alkanes) is 13. The van der Waals surface area contributed by atoms with Crippen LogP contribution in [0, 0.1) is 0 Å². The van der Waals surface area contributed by atoms with Crippen LogP contribution in [0.25, 0.3) is 0 Å². The molecule has 0 fully saturated rings. The largest absolute Gasteiger partial charge is 0.472 e. The van der Waals surface area contributed by atoms with E-state index in [1.807, 2.05) is 45.4 Å². The van der Waals surface area contributed by atoms with Gasteiger partial charge in [-0.3, -0.25) is 18.6 Å². The zero-order valence-electron chi connectivity index (χ0n) is 50.8. The Morgan fingerprint density at radius 3 is 1.24 bits per heavy atom. The Morgan fingerprint density at radius 2 is 0.823 bits per heavy atom. The van der Waals surface area contributed by atoms with Crippen molar-refractivity contribution in [3.8, 4) is 0 Å². The molecule has 10 heteroatoms. The minimum absolute atomic E-state index is 0.0126. The maximum absolute atomic E-state index is 13.5. The highest BCUT2D eigenvalue weighted by atomic mass is 31.2. The average Bonchev–Trinajstić information content (AvgIpc) is 3.41. The number of allylic oxidation sites excluding steroid dienone is 25. The maximum Gasteiger partial charge on any atom is 0.472 e. The number of nitrogens with zero attached hydrogens (tertiary/aromatic N) is 1. The molecule has 1 amide bonds. The molecule has 0 heterocycles. The summed E-state index contributed by atoms with van der Waals surface area (Å²) in [7, 11) is 1.41. The third-order valence-electron chi connectivity index (χ3n) is 12.5. The first-order valence-corrected chi connectivity index (χ1v) is 32.3. The van der Waals surface area contributed by atoms with Crippen molar-refractivity contribution in [2.24, 2.45) is 0 Å². The lowest BCUT2D eigenvalue weighted by molar-refractivity contribution is -0.870. The summed E-state index contributed by atoms with van der Waals surface area (Å²) in [5.74, 6) is -0.648. The van der Waals surface area contributed by atoms with E-state index < -0.39 is 20.0 Å². The Hall–Kier alpha value is -4.37. The molecule has 0 spiro atoms. The molecule has 79 heavy (non-hydrogen) atoms. The summed E-state index contributed by atoms with van der Waals surface area (Å²) < 4.78 is 30.6. The topological polar surface area (TPSA) is 111 Å². The van der Waals surface area contributed by atoms with Gasteiger partial charge in [-0.15, -0.1) is 0 Å². The highest BCUT2D eigenvalue weighted by Crippen LogP contribution is 2.43. The molecule has 0 aromatic heterocycles. The normalized spacial score (nSPS) is 14.8. The zero-order valence-corrected chi connectivity index (χ0v) is 51.7. The van der Waals surface area contributed by atoms with Gasteiger partial charge in [0.15, 0.2) is 0 Å². The second-order valence-electron chi connectivity index (χ2n) is 21.1. The Labute approximate surface area is 484 Å². The number of nitrogens with one attached hydrogen (secondary N) is 1. The van der Waals surface area contributed by atoms with Crippen LogP contribution in [0.1, 0.15) is 213 Å². The molecule has 3 atom stereocenters. The van der Waals surface area contributed by atoms with Gasteiger partial charge in [-0.1, -0.05) is 237 Å². The van der Waals surface area contributed by atoms with E-state index in [9.17, 15) is 19.0 Å². The first-order valence-electron chi connectivity index (χ1n) is 30.8. The zero-order chi connectivity index (χ0) is 57.9. The van der Waals surface area contributed by atoms with Gasteiger partial charge in [0.1, 0.15) is 19.3 Å². The maximum atomic E-state index is 13.5. The summed E-state index contributed by atoms with van der Waals surface area (Å²) in [6.07, 6.45) is 84.1. The van der Waals surface area contributed by atoms with Crippen molar-refractivity contribution < 1.29 is 37.3 Å². The molecule has 446 valence electrons. The summed E-state index contributed by atoms with van der Waals surface area (Å²) in [6.45, 7) is 6.67. The van der Waals surface area contributed by atoms with Crippen LogP contribution in [-0.4, -0.2) is 74.3 Å². The van der Waals surface area contributed by atoms with Crippen LogP contribution < -0.4 is 5.32 Å². The molecule has 2 N–H and O–H groups in total. The number of esters is 1. The van der Waals surface area contributed by atoms with E-state index in [0.29, 0.717) is 23.9 Å². The summed E-state index contributed by atoms with van der Waals surface area (Å²) >= 11 is 0. The molecule has 0 aliphatic carbocycles. The lowest BCUT2D eigenvalue weighted by Gasteiger charge is -2.27. The van der Waals surface area contributed by atoms with Gasteiger partial charge >= 0.3 is 13.8 Å². The summed E-state index contributed by atoms with van der Waals surface area (Å²) in [5.41, 5.74) is 0. The van der Waals surface area contributed by atoms with Gasteiger partial charge in [0, 0.05) is 12.8 Å². The second kappa shape index (κ2) is 56.9. The fourth-order valence-corrected chi connectivity index (χ4v) is 8.52. The number of phosphoric ester groups is 1. The summed E-state index contributed by atoms with van der Waals surface area (Å²) in [6, 6.07) is -0.912. The number of carbonyl (C=O) groups is 2. The van der Waals surface area contributed by atoms with Crippen LogP contribution in [0.15, 0.2) is 158 Å². The van der Waals surface area contributed by atoms with Gasteiger partial charge in [0.05, 0.1) is 33.8 Å². The number of likely N-dealkylation sites (N-methyl/N-ethyl adjacent to an activating group) is 1. The van der Waals surface area contributed by atoms with Crippen molar-refractivity contribution >= 4 is 19.7 Å². The van der Waals surface area contributed by atoms with Crippen molar-refractivity contribution in [1.29, 1.82) is 0 Å². The van der Waals surface area contributed by atoms with Crippen molar-refractivity contribution in [1.82, 2.24) is 5.32 Å². The summed E-state index contributed by atoms with van der Waals surface area (Å²) in [4.78, 5) is 37.7. The third kappa shape index (κ3) is 58.1. The summed E-state index contributed by atoms with van der Waals surface area (Å²) in [5, 5.41) is 2.99. The molecule has 0 radical (unpaired) electrons. The van der Waals surface area contributed by atoms with Gasteiger partial charge in [0.25, 0.3) is 0 Å². The predicted octanol–water partition coefficient (Wildman–Crippen LogP) is 19.2. The molecule has 0 bridgehead atoms. The number of ether oxygens (including phenoxy) is 1. The van der Waals surface area contributed by atoms with E-state index in [1.54, 1.807) is 0 Å². The van der Waals surface area contributed by atoms with Gasteiger partial charge in [-0.2, -0.15) is 0 Å². The van der Waals surface area contributed by atoms with Crippen molar-refractivity contribution in [3.05, 3.63) is 158 Å². The van der Waals surface area contributed by atoms with E-state index in [4.69, 9.17) is 13.8 Å². The Morgan fingerprint density at radius 1 is 0.456 bits per heavy atom. The smallest absolute Gasteiger partial charge is 0.456 e. The van der Waals surface area contributed by atoms with E-state index in [2.05, 4.69) is 160 Å². The Kier molecular flexibility index (Phi) is 53.7. The van der Waals surface area contributed by atoms with Crippen LogP contribution in [0.5, 0.6) is 0 Å². The standard InChI is InChI=1S/C69H113N2O7P/c1-7-10-13-16-19-22-25-27-29-31-33-34-35-36-38-40-42-44-47-50-53-56-59-62-69(73)78-67(60-57-54-51-48-45-24-21-18-15-12-9-3)66(65-77-79(74,75)76-64-63-71(4,5)6)70-68(72)61-58-55-52-49-46-43-41-39-37-32-30-28-26-23-20-17-14-11-8-2/h10-11,13-14,19-20,22-23,27-30,33-34,36-39,42-44,46,52,55,57,60,66-67H,7-9,12,15-18,21,24-26,31-32,35,40-41,45,47-51,53-54,56,58-59,61-65H2,1-6H3,(H-,70,72,74,75)/p+1/b13-10-,14-11-,22-19-,23-20-,29-27-,30-28-,34-33-,38-36-,39-37-,44-42-,46-43-,55-52-,60-57+. The quantitative estimate of drug-likeness (QED) is 0.0205. The predicted molar refractivity (Wildman–Crippen MR) is 341 cm³/mol. The first kappa shape index (κ1) is 74.6. The minimum atomic E-state index is -4.49. The van der Waals surface area contributed by atoms with Crippen LogP contribution in [0.3, 0.4) is 0 Å². The Bertz CT molecular complexity index is 1910. The van der Waals surface area contributed by atoms with Crippen molar-refractivity contribution in [2.75, 3.05) is 40.9 Å². The van der Waals surface area contributed by atoms with E-state index in [-0.39, 0.29) is 37.9 Å². The highest BCUT2D eigenvalue weighted by Gasteiger charge is 2.30. The number of hydrogen-bond acceptors (Lipinski definition) is 6. The average molecular weight is 1110 g/mol. The number of amides is 1. The lowest BCUT2D eigenvalue weighted by atomic mass is 10.1. The SMILES string of the molecule is CC/C=C\C/C=C\C/C=C\C/C=C\C/C=C\C/C=C\CCCCCCC(=O)OC(/C=C/CCCCCCCCCCC)C(COP(=O)(O)OCC[N+](C)(C)C)NC(=O)CC/C=C\C/C=C\C/C=C\C/C=C\C/C=C\C/C=C\CC. The molecule has 0 saturated heterocycles. The molecule has 0 saturated carbocycles. The van der Waals surface area contributed by atoms with Gasteiger partial charge in [-0.05, 0) is 122 Å². The fraction of sp³-hybridized carbons (Fsp3) is 0.594. The number of phosphoric acid groups is 1. The molecule has 0 rings (SSSR count). The number of carbonyl (C=O) groups excluding carboxylic acids is 2.